The Balaban J connectivity index is 1.95. The van der Waals surface area contributed by atoms with Gasteiger partial charge >= 0.3 is 5.97 Å². The first kappa shape index (κ1) is 20.6. The summed E-state index contributed by atoms with van der Waals surface area (Å²) in [7, 11) is 2.91. The number of carbonyl (C=O) groups excluding carboxylic acids is 1. The number of hydrogen-bond acceptors (Lipinski definition) is 7. The molecule has 0 radical (unpaired) electrons. The topological polar surface area (TPSA) is 90.5 Å². The van der Waals surface area contributed by atoms with Gasteiger partial charge in [0, 0.05) is 0 Å². The highest BCUT2D eigenvalue weighted by Gasteiger charge is 2.19. The third-order valence-corrected chi connectivity index (χ3v) is 5.44. The van der Waals surface area contributed by atoms with Crippen LogP contribution in [0.2, 0.25) is 0 Å². The molecule has 2 aromatic heterocycles. The largest absolute Gasteiger partial charge is 0.493 e. The summed E-state index contributed by atoms with van der Waals surface area (Å²) in [4.78, 5) is 32.5. The van der Waals surface area contributed by atoms with Gasteiger partial charge in [0.25, 0.3) is 5.56 Å². The van der Waals surface area contributed by atoms with Crippen molar-refractivity contribution in [1.82, 2.24) is 9.97 Å². The summed E-state index contributed by atoms with van der Waals surface area (Å²) in [6.07, 6.45) is 4.42. The molecule has 0 fully saturated rings. The van der Waals surface area contributed by atoms with E-state index in [-0.39, 0.29) is 5.56 Å². The van der Waals surface area contributed by atoms with Crippen molar-refractivity contribution in [1.29, 1.82) is 0 Å². The maximum atomic E-state index is 12.5. The van der Waals surface area contributed by atoms with Gasteiger partial charge in [0.1, 0.15) is 15.5 Å². The number of methoxy groups -OCH3 is 2. The van der Waals surface area contributed by atoms with Crippen molar-refractivity contribution < 1.29 is 19.0 Å². The van der Waals surface area contributed by atoms with E-state index in [9.17, 15) is 9.59 Å². The molecule has 0 aliphatic heterocycles. The zero-order chi connectivity index (χ0) is 21.0. The normalized spacial score (nSPS) is 11.2. The van der Waals surface area contributed by atoms with Crippen molar-refractivity contribution in [2.24, 2.45) is 0 Å². The van der Waals surface area contributed by atoms with Crippen LogP contribution in [0.25, 0.3) is 22.4 Å². The van der Waals surface area contributed by atoms with Crippen LogP contribution in [0.5, 0.6) is 11.5 Å². The Bertz CT molecular complexity index is 1130. The van der Waals surface area contributed by atoms with E-state index in [2.05, 4.69) is 9.97 Å². The van der Waals surface area contributed by atoms with Gasteiger partial charge in [-0.05, 0) is 42.7 Å². The standard InChI is InChI=1S/C21H22N2O5S/c1-5-10-28-15-11-13(6-8-14(15)26-3)7-9-16-22-19(24)17-12(2)18(21(25)27-4)29-20(17)23-16/h6-9,11H,5,10H2,1-4H3,(H,22,23,24)/b9-7+. The van der Waals surface area contributed by atoms with Gasteiger partial charge in [-0.1, -0.05) is 19.1 Å². The van der Waals surface area contributed by atoms with Crippen LogP contribution in [-0.2, 0) is 4.74 Å². The number of benzene rings is 1. The molecule has 3 rings (SSSR count). The van der Waals surface area contributed by atoms with E-state index < -0.39 is 5.97 Å². The van der Waals surface area contributed by atoms with E-state index in [1.807, 2.05) is 31.2 Å². The average molecular weight is 414 g/mol. The number of aromatic amines is 1. The smallest absolute Gasteiger partial charge is 0.348 e. The second-order valence-electron chi connectivity index (χ2n) is 6.27. The number of thiophene rings is 1. The summed E-state index contributed by atoms with van der Waals surface area (Å²) in [5, 5.41) is 0.409. The first-order valence-electron chi connectivity index (χ1n) is 9.09. The molecular weight excluding hydrogens is 392 g/mol. The van der Waals surface area contributed by atoms with E-state index in [1.165, 1.54) is 7.11 Å². The Morgan fingerprint density at radius 1 is 1.24 bits per heavy atom. The van der Waals surface area contributed by atoms with Crippen molar-refractivity contribution >= 4 is 39.7 Å². The Hall–Kier alpha value is -3.13. The number of H-pyrrole nitrogens is 1. The lowest BCUT2D eigenvalue weighted by Gasteiger charge is -2.10. The monoisotopic (exact) mass is 414 g/mol. The molecule has 1 aromatic carbocycles. The van der Waals surface area contributed by atoms with Crippen LogP contribution in [0, 0.1) is 6.92 Å². The van der Waals surface area contributed by atoms with Crippen molar-refractivity contribution in [3.8, 4) is 11.5 Å². The molecule has 3 aromatic rings. The molecule has 0 saturated heterocycles. The summed E-state index contributed by atoms with van der Waals surface area (Å²) in [5.74, 6) is 1.24. The maximum absolute atomic E-state index is 12.5. The molecule has 152 valence electrons. The number of rotatable bonds is 7. The van der Waals surface area contributed by atoms with E-state index in [4.69, 9.17) is 14.2 Å². The van der Waals surface area contributed by atoms with Crippen LogP contribution in [-0.4, -0.2) is 36.8 Å². The summed E-state index contributed by atoms with van der Waals surface area (Å²) >= 11 is 1.15. The second-order valence-corrected chi connectivity index (χ2v) is 7.27. The van der Waals surface area contributed by atoms with Gasteiger partial charge in [-0.15, -0.1) is 11.3 Å². The number of carbonyl (C=O) groups is 1. The third kappa shape index (κ3) is 4.32. The number of ether oxygens (including phenoxy) is 3. The first-order chi connectivity index (χ1) is 14.0. The minimum absolute atomic E-state index is 0.291. The minimum Gasteiger partial charge on any atom is -0.493 e. The highest BCUT2D eigenvalue weighted by Crippen LogP contribution is 2.30. The minimum atomic E-state index is -0.472. The third-order valence-electron chi connectivity index (χ3n) is 4.27. The molecule has 0 spiro atoms. The predicted octanol–water partition coefficient (Wildman–Crippen LogP) is 4.05. The number of fused-ring (bicyclic) bond motifs is 1. The van der Waals surface area contributed by atoms with Crippen molar-refractivity contribution in [2.75, 3.05) is 20.8 Å². The van der Waals surface area contributed by atoms with E-state index in [0.29, 0.717) is 44.6 Å². The van der Waals surface area contributed by atoms with E-state index in [1.54, 1.807) is 20.1 Å². The number of hydrogen-bond donors (Lipinski definition) is 1. The Kier molecular flexibility index (Phi) is 6.33. The maximum Gasteiger partial charge on any atom is 0.348 e. The van der Waals surface area contributed by atoms with E-state index in [0.717, 1.165) is 23.3 Å². The lowest BCUT2D eigenvalue weighted by atomic mass is 10.2. The lowest BCUT2D eigenvalue weighted by Crippen LogP contribution is -2.09. The fourth-order valence-electron chi connectivity index (χ4n) is 2.82. The van der Waals surface area contributed by atoms with Gasteiger partial charge in [0.15, 0.2) is 11.5 Å². The zero-order valence-electron chi connectivity index (χ0n) is 16.7. The molecule has 1 N–H and O–H groups in total. The molecule has 0 aliphatic rings. The number of nitrogens with one attached hydrogen (secondary N) is 1. The Morgan fingerprint density at radius 3 is 2.72 bits per heavy atom. The molecule has 0 saturated carbocycles. The summed E-state index contributed by atoms with van der Waals surface area (Å²) in [6.45, 7) is 4.34. The molecule has 7 nitrogen and oxygen atoms in total. The molecule has 0 aliphatic carbocycles. The van der Waals surface area contributed by atoms with Crippen LogP contribution in [0.3, 0.4) is 0 Å². The van der Waals surface area contributed by atoms with Gasteiger partial charge in [-0.3, -0.25) is 4.79 Å². The zero-order valence-corrected chi connectivity index (χ0v) is 17.5. The number of aryl methyl sites for hydroxylation is 1. The molecule has 0 bridgehead atoms. The molecule has 2 heterocycles. The highest BCUT2D eigenvalue weighted by atomic mass is 32.1. The highest BCUT2D eigenvalue weighted by molar-refractivity contribution is 7.20. The van der Waals surface area contributed by atoms with E-state index >= 15 is 0 Å². The fourth-order valence-corrected chi connectivity index (χ4v) is 3.93. The van der Waals surface area contributed by atoms with Crippen LogP contribution >= 0.6 is 11.3 Å². The van der Waals surface area contributed by atoms with Crippen molar-refractivity contribution in [3.05, 3.63) is 50.4 Å². The van der Waals surface area contributed by atoms with Crippen LogP contribution < -0.4 is 15.0 Å². The molecule has 8 heteroatoms. The van der Waals surface area contributed by atoms with Crippen molar-refractivity contribution in [2.45, 2.75) is 20.3 Å². The number of nitrogens with zero attached hydrogens (tertiary/aromatic N) is 1. The van der Waals surface area contributed by atoms with Gasteiger partial charge in [0.05, 0.1) is 26.2 Å². The summed E-state index contributed by atoms with van der Waals surface area (Å²) in [6, 6.07) is 5.58. The van der Waals surface area contributed by atoms with Crippen molar-refractivity contribution in [3.63, 3.8) is 0 Å². The number of esters is 1. The molecule has 0 amide bonds. The molecule has 0 atom stereocenters. The quantitative estimate of drug-likeness (QED) is 0.587. The fraction of sp³-hybridized carbons (Fsp3) is 0.286. The molecule has 29 heavy (non-hydrogen) atoms. The first-order valence-corrected chi connectivity index (χ1v) is 9.90. The predicted molar refractivity (Wildman–Crippen MR) is 114 cm³/mol. The second kappa shape index (κ2) is 8.91. The molecule has 0 unspecified atom stereocenters. The van der Waals surface area contributed by atoms with Gasteiger partial charge in [-0.25, -0.2) is 9.78 Å². The summed E-state index contributed by atoms with van der Waals surface area (Å²) in [5.41, 5.74) is 1.16. The average Bonchev–Trinajstić information content (AvgIpc) is 3.07. The Labute approximate surface area is 172 Å². The lowest BCUT2D eigenvalue weighted by molar-refractivity contribution is 0.0605. The number of aromatic nitrogens is 2. The van der Waals surface area contributed by atoms with Gasteiger partial charge in [-0.2, -0.15) is 0 Å². The molecular formula is C21H22N2O5S. The Morgan fingerprint density at radius 2 is 2.03 bits per heavy atom. The van der Waals surface area contributed by atoms with Crippen LogP contribution in [0.4, 0.5) is 0 Å². The van der Waals surface area contributed by atoms with Gasteiger partial charge < -0.3 is 19.2 Å². The van der Waals surface area contributed by atoms with Crippen LogP contribution in [0.15, 0.2) is 23.0 Å². The summed E-state index contributed by atoms with van der Waals surface area (Å²) < 4.78 is 15.8. The van der Waals surface area contributed by atoms with Gasteiger partial charge in [0.2, 0.25) is 0 Å². The van der Waals surface area contributed by atoms with Crippen LogP contribution in [0.1, 0.15) is 40.0 Å². The SMILES string of the molecule is CCCOc1cc(/C=C/c2nc3sc(C(=O)OC)c(C)c3c(=O)[nH]2)ccc1OC.